The summed E-state index contributed by atoms with van der Waals surface area (Å²) in [6, 6.07) is 0. The summed E-state index contributed by atoms with van der Waals surface area (Å²) in [5, 5.41) is 0. The second-order valence-corrected chi connectivity index (χ2v) is 7.77. The van der Waals surface area contributed by atoms with E-state index in [-0.39, 0.29) is 28.8 Å². The molecule has 112 valence electrons. The Kier molecular flexibility index (Phi) is 2.60. The van der Waals surface area contributed by atoms with Crippen LogP contribution in [0.15, 0.2) is 0 Å². The fourth-order valence-corrected chi connectivity index (χ4v) is 4.93. The minimum atomic E-state index is -0.0398. The lowest BCUT2D eigenvalue weighted by Crippen LogP contribution is -2.46. The topological polar surface area (TPSA) is 51.4 Å². The van der Waals surface area contributed by atoms with Gasteiger partial charge in [-0.3, -0.25) is 4.79 Å². The average Bonchev–Trinajstić information content (AvgIpc) is 3.24. The van der Waals surface area contributed by atoms with Crippen LogP contribution in [0.4, 0.5) is 0 Å². The third-order valence-corrected chi connectivity index (χ3v) is 6.21. The summed E-state index contributed by atoms with van der Waals surface area (Å²) in [6.45, 7) is 5.09. The largest absolute Gasteiger partial charge is 0.464 e. The number of rotatable bonds is 4. The molecule has 2 saturated heterocycles. The first kappa shape index (κ1) is 13.1. The van der Waals surface area contributed by atoms with Crippen LogP contribution >= 0.6 is 0 Å². The van der Waals surface area contributed by atoms with Gasteiger partial charge in [-0.2, -0.15) is 0 Å². The van der Waals surface area contributed by atoms with Crippen LogP contribution in [0, 0.1) is 5.41 Å². The van der Waals surface area contributed by atoms with Crippen molar-refractivity contribution in [1.29, 1.82) is 0 Å². The monoisotopic (exact) mass is 280 g/mol. The molecule has 4 fully saturated rings. The van der Waals surface area contributed by atoms with E-state index in [1.165, 1.54) is 25.7 Å². The predicted octanol–water partition coefficient (Wildman–Crippen LogP) is 2.59. The third kappa shape index (κ3) is 1.70. The van der Waals surface area contributed by atoms with Gasteiger partial charge in [-0.25, -0.2) is 0 Å². The zero-order valence-corrected chi connectivity index (χ0v) is 12.4. The van der Waals surface area contributed by atoms with E-state index in [9.17, 15) is 4.79 Å². The molecule has 20 heavy (non-hydrogen) atoms. The summed E-state index contributed by atoms with van der Waals surface area (Å²) < 4.78 is 17.4. The number of epoxide rings is 2. The first-order chi connectivity index (χ1) is 9.51. The normalized spacial score (nSPS) is 51.6. The van der Waals surface area contributed by atoms with E-state index in [2.05, 4.69) is 13.8 Å². The molecule has 4 aliphatic rings. The van der Waals surface area contributed by atoms with Gasteiger partial charge in [0.05, 0.1) is 17.8 Å². The van der Waals surface area contributed by atoms with Gasteiger partial charge >= 0.3 is 0 Å². The first-order valence-corrected chi connectivity index (χ1v) is 7.96. The molecule has 0 radical (unpaired) electrons. The molecule has 0 aromatic heterocycles. The molecule has 5 atom stereocenters. The SMILES string of the molecule is CC1(C)CC(OC=O)CC2OC21CC12CCCCC1O2. The lowest BCUT2D eigenvalue weighted by atomic mass is 9.63. The minimum absolute atomic E-state index is 0.0166. The van der Waals surface area contributed by atoms with Crippen molar-refractivity contribution in [2.75, 3.05) is 0 Å². The van der Waals surface area contributed by atoms with Crippen molar-refractivity contribution in [3.05, 3.63) is 0 Å². The molecule has 0 aromatic carbocycles. The summed E-state index contributed by atoms with van der Waals surface area (Å²) in [5.41, 5.74) is 0.122. The Hall–Kier alpha value is -0.610. The molecule has 0 aromatic rings. The summed E-state index contributed by atoms with van der Waals surface area (Å²) >= 11 is 0. The van der Waals surface area contributed by atoms with Gasteiger partial charge in [-0.05, 0) is 24.7 Å². The van der Waals surface area contributed by atoms with Gasteiger partial charge in [0.25, 0.3) is 6.47 Å². The van der Waals surface area contributed by atoms with Crippen molar-refractivity contribution in [3.63, 3.8) is 0 Å². The number of carbonyl (C=O) groups is 1. The van der Waals surface area contributed by atoms with E-state index in [0.717, 1.165) is 19.3 Å². The highest BCUT2D eigenvalue weighted by Gasteiger charge is 2.74. The Morgan fingerprint density at radius 2 is 2.10 bits per heavy atom. The molecule has 0 bridgehead atoms. The Bertz CT molecular complexity index is 434. The van der Waals surface area contributed by atoms with Crippen LogP contribution in [0.1, 0.15) is 58.8 Å². The van der Waals surface area contributed by atoms with Crippen LogP contribution in [-0.2, 0) is 19.0 Å². The Morgan fingerprint density at radius 1 is 1.25 bits per heavy atom. The molecule has 4 heteroatoms. The standard InChI is InChI=1S/C16H24O4/c1-14(2)8-11(18-10-17)7-13-16(14,20-13)9-15-6-4-3-5-12(15)19-15/h10-13H,3-9H2,1-2H3. The van der Waals surface area contributed by atoms with E-state index in [1.807, 2.05) is 0 Å². The average molecular weight is 280 g/mol. The van der Waals surface area contributed by atoms with Crippen molar-refractivity contribution >= 4 is 6.47 Å². The molecule has 2 aliphatic heterocycles. The van der Waals surface area contributed by atoms with Crippen LogP contribution in [-0.4, -0.2) is 36.0 Å². The highest BCUT2D eigenvalue weighted by molar-refractivity contribution is 5.38. The van der Waals surface area contributed by atoms with Crippen LogP contribution in [0.5, 0.6) is 0 Å². The molecule has 2 heterocycles. The molecule has 5 unspecified atom stereocenters. The van der Waals surface area contributed by atoms with Crippen molar-refractivity contribution in [2.45, 2.75) is 88.3 Å². The van der Waals surface area contributed by atoms with Crippen molar-refractivity contribution in [2.24, 2.45) is 5.41 Å². The fourth-order valence-electron chi connectivity index (χ4n) is 4.93. The minimum Gasteiger partial charge on any atom is -0.464 e. The molecule has 0 spiro atoms. The van der Waals surface area contributed by atoms with E-state index in [1.54, 1.807) is 0 Å². The summed E-state index contributed by atoms with van der Waals surface area (Å²) in [4.78, 5) is 10.6. The summed E-state index contributed by atoms with van der Waals surface area (Å²) in [6.07, 6.45) is 8.53. The number of hydrogen-bond acceptors (Lipinski definition) is 4. The van der Waals surface area contributed by atoms with Crippen molar-refractivity contribution in [1.82, 2.24) is 0 Å². The number of fused-ring (bicyclic) bond motifs is 2. The zero-order valence-electron chi connectivity index (χ0n) is 12.4. The molecule has 0 amide bonds. The fraction of sp³-hybridized carbons (Fsp3) is 0.938. The summed E-state index contributed by atoms with van der Waals surface area (Å²) in [5.74, 6) is 0. The molecular weight excluding hydrogens is 256 g/mol. The highest BCUT2D eigenvalue weighted by Crippen LogP contribution is 2.65. The molecule has 4 nitrogen and oxygen atoms in total. The van der Waals surface area contributed by atoms with Crippen LogP contribution in [0.3, 0.4) is 0 Å². The third-order valence-electron chi connectivity index (χ3n) is 6.21. The molecule has 2 saturated carbocycles. The van der Waals surface area contributed by atoms with E-state index in [4.69, 9.17) is 14.2 Å². The smallest absolute Gasteiger partial charge is 0.293 e. The molecule has 0 N–H and O–H groups in total. The second-order valence-electron chi connectivity index (χ2n) is 7.77. The second kappa shape index (κ2) is 3.98. The van der Waals surface area contributed by atoms with E-state index in [0.29, 0.717) is 12.6 Å². The van der Waals surface area contributed by atoms with Gasteiger partial charge < -0.3 is 14.2 Å². The maximum atomic E-state index is 10.6. The van der Waals surface area contributed by atoms with Gasteiger partial charge in [-0.1, -0.05) is 26.7 Å². The first-order valence-electron chi connectivity index (χ1n) is 7.96. The molecule has 2 aliphatic carbocycles. The lowest BCUT2D eigenvalue weighted by Gasteiger charge is -2.40. The highest BCUT2D eigenvalue weighted by atomic mass is 16.6. The van der Waals surface area contributed by atoms with Crippen LogP contribution in [0.2, 0.25) is 0 Å². The molecular formula is C16H24O4. The maximum Gasteiger partial charge on any atom is 0.293 e. The number of hydrogen-bond donors (Lipinski definition) is 0. The lowest BCUT2D eigenvalue weighted by molar-refractivity contribution is -0.136. The maximum absolute atomic E-state index is 10.6. The predicted molar refractivity (Wildman–Crippen MR) is 72.2 cm³/mol. The molecule has 4 rings (SSSR count). The van der Waals surface area contributed by atoms with Gasteiger partial charge in [0, 0.05) is 12.8 Å². The van der Waals surface area contributed by atoms with Gasteiger partial charge in [0.15, 0.2) is 0 Å². The Labute approximate surface area is 120 Å². The van der Waals surface area contributed by atoms with Gasteiger partial charge in [0.2, 0.25) is 0 Å². The van der Waals surface area contributed by atoms with Gasteiger partial charge in [0.1, 0.15) is 11.7 Å². The zero-order chi connectivity index (χ0) is 14.0. The van der Waals surface area contributed by atoms with Crippen LogP contribution in [0.25, 0.3) is 0 Å². The Morgan fingerprint density at radius 3 is 2.80 bits per heavy atom. The van der Waals surface area contributed by atoms with Crippen molar-refractivity contribution < 1.29 is 19.0 Å². The quantitative estimate of drug-likeness (QED) is 0.586. The van der Waals surface area contributed by atoms with Gasteiger partial charge in [-0.15, -0.1) is 0 Å². The van der Waals surface area contributed by atoms with E-state index >= 15 is 0 Å². The van der Waals surface area contributed by atoms with Crippen LogP contribution < -0.4 is 0 Å². The van der Waals surface area contributed by atoms with Crippen molar-refractivity contribution in [3.8, 4) is 0 Å². The Balaban J connectivity index is 1.50. The number of ether oxygens (including phenoxy) is 3. The van der Waals surface area contributed by atoms with E-state index < -0.39 is 0 Å². The number of carbonyl (C=O) groups excluding carboxylic acids is 1. The summed E-state index contributed by atoms with van der Waals surface area (Å²) in [7, 11) is 0.